The number of anilines is 4. The Labute approximate surface area is 392 Å². The summed E-state index contributed by atoms with van der Waals surface area (Å²) in [7, 11) is 0. The van der Waals surface area contributed by atoms with Crippen LogP contribution in [0.4, 0.5) is 22.7 Å². The van der Waals surface area contributed by atoms with E-state index in [1.54, 1.807) is 0 Å². The second kappa shape index (κ2) is 14.8. The summed E-state index contributed by atoms with van der Waals surface area (Å²) in [5.41, 5.74) is 18.4. The zero-order chi connectivity index (χ0) is 45.0. The molecule has 0 radical (unpaired) electrons. The Morgan fingerprint density at radius 2 is 0.985 bits per heavy atom. The molecule has 0 bridgehead atoms. The van der Waals surface area contributed by atoms with Crippen molar-refractivity contribution in [1.29, 1.82) is 0 Å². The lowest BCUT2D eigenvalue weighted by Crippen LogP contribution is -2.25. The maximum Gasteiger partial charge on any atom is 0.145 e. The lowest BCUT2D eigenvalue weighted by Gasteiger charge is -2.27. The molecule has 6 nitrogen and oxygen atoms in total. The SMILES string of the molecule is Cc1cc2c(cc1C)N(c1c(-c3ccccc3)cccc1-c1ccccc1)CN2c1cccc(Oc2ccc3c4cccc5c4n(c3c2)c2ncccc2c2cccc3c4ccccc4n5c32)c1. The predicted octanol–water partition coefficient (Wildman–Crippen LogP) is 16.3. The van der Waals surface area contributed by atoms with Crippen molar-refractivity contribution in [3.8, 4) is 33.8 Å². The number of rotatable bonds is 6. The first-order valence-corrected chi connectivity index (χ1v) is 23.3. The van der Waals surface area contributed by atoms with Gasteiger partial charge in [-0.3, -0.25) is 4.40 Å². The van der Waals surface area contributed by atoms with Crippen LogP contribution < -0.4 is 14.5 Å². The minimum Gasteiger partial charge on any atom is -0.457 e. The zero-order valence-electron chi connectivity index (χ0n) is 37.6. The van der Waals surface area contributed by atoms with Crippen LogP contribution in [0.15, 0.2) is 212 Å². The Balaban J connectivity index is 0.918. The number of ether oxygens (including phenoxy) is 1. The van der Waals surface area contributed by atoms with E-state index in [0.29, 0.717) is 6.67 Å². The van der Waals surface area contributed by atoms with Crippen LogP contribution in [0.2, 0.25) is 0 Å². The largest absolute Gasteiger partial charge is 0.457 e. The summed E-state index contributed by atoms with van der Waals surface area (Å²) in [6, 6.07) is 74.3. The fraction of sp³-hybridized carbons (Fsp3) is 0.0484. The number of para-hydroxylation sites is 4. The number of hydrogen-bond donors (Lipinski definition) is 0. The van der Waals surface area contributed by atoms with Crippen molar-refractivity contribution in [2.24, 2.45) is 0 Å². The van der Waals surface area contributed by atoms with Crippen LogP contribution in [-0.2, 0) is 0 Å². The van der Waals surface area contributed by atoms with Gasteiger partial charge in [-0.25, -0.2) is 4.98 Å². The standard InChI is InChI=1S/C62H43N5O/c1-39-34-57-58(35-40(39)2)65(59-46(41-16-5-3-6-17-41)23-12-24-47(59)42-18-7-4-8-19-42)38-64(57)43-20-11-21-44(36-43)68-45-31-32-49-51-27-14-30-55-61(51)67(56(49)37-45)62-53(28-15-33-63-62)52-26-13-25-50-48-22-9-10-29-54(48)66(55)60(50)52/h3-37H,38H2,1-2H3. The van der Waals surface area contributed by atoms with Gasteiger partial charge in [0.05, 0.1) is 44.6 Å². The van der Waals surface area contributed by atoms with Crippen molar-refractivity contribution in [3.63, 3.8) is 0 Å². The Bertz CT molecular complexity index is 4130. The third-order valence-electron chi connectivity index (χ3n) is 14.3. The van der Waals surface area contributed by atoms with E-state index in [1.807, 2.05) is 12.3 Å². The van der Waals surface area contributed by atoms with E-state index in [4.69, 9.17) is 9.72 Å². The van der Waals surface area contributed by atoms with E-state index < -0.39 is 0 Å². The van der Waals surface area contributed by atoms with Crippen LogP contribution in [0, 0.1) is 13.8 Å². The van der Waals surface area contributed by atoms with Gasteiger partial charge in [0, 0.05) is 67.5 Å². The molecule has 0 spiro atoms. The first-order chi connectivity index (χ1) is 33.6. The number of aromatic nitrogens is 3. The van der Waals surface area contributed by atoms with Gasteiger partial charge in [-0.15, -0.1) is 0 Å². The van der Waals surface area contributed by atoms with Gasteiger partial charge in [0.1, 0.15) is 23.8 Å². The molecular weight excluding hydrogens is 831 g/mol. The van der Waals surface area contributed by atoms with E-state index in [2.05, 4.69) is 233 Å². The molecule has 0 saturated carbocycles. The van der Waals surface area contributed by atoms with Gasteiger partial charge in [0.15, 0.2) is 0 Å². The molecule has 0 unspecified atom stereocenters. The minimum absolute atomic E-state index is 0.623. The van der Waals surface area contributed by atoms with E-state index in [-0.39, 0.29) is 0 Å². The molecule has 1 aliphatic rings. The van der Waals surface area contributed by atoms with Gasteiger partial charge in [-0.05, 0) is 96.8 Å². The van der Waals surface area contributed by atoms with E-state index in [0.717, 1.165) is 61.2 Å². The summed E-state index contributed by atoms with van der Waals surface area (Å²) in [5.74, 6) is 1.52. The van der Waals surface area contributed by atoms with E-state index >= 15 is 0 Å². The summed E-state index contributed by atoms with van der Waals surface area (Å²) < 4.78 is 11.8. The molecule has 68 heavy (non-hydrogen) atoms. The van der Waals surface area contributed by atoms with Crippen LogP contribution in [0.1, 0.15) is 11.1 Å². The Morgan fingerprint density at radius 3 is 1.75 bits per heavy atom. The summed E-state index contributed by atoms with van der Waals surface area (Å²) >= 11 is 0. The number of pyridine rings is 1. The maximum absolute atomic E-state index is 6.94. The van der Waals surface area contributed by atoms with Gasteiger partial charge in [0.2, 0.25) is 0 Å². The molecule has 5 heterocycles. The predicted molar refractivity (Wildman–Crippen MR) is 283 cm³/mol. The van der Waals surface area contributed by atoms with Crippen molar-refractivity contribution in [2.45, 2.75) is 13.8 Å². The quantitative estimate of drug-likeness (QED) is 0.167. The molecule has 13 aromatic rings. The van der Waals surface area contributed by atoms with Crippen molar-refractivity contribution in [2.75, 3.05) is 16.5 Å². The molecular formula is C62H43N5O. The second-order valence-corrected chi connectivity index (χ2v) is 18.1. The van der Waals surface area contributed by atoms with Gasteiger partial charge in [-0.1, -0.05) is 133 Å². The lowest BCUT2D eigenvalue weighted by molar-refractivity contribution is 0.483. The number of nitrogens with zero attached hydrogens (tertiary/aromatic N) is 5. The average molecular weight is 874 g/mol. The van der Waals surface area contributed by atoms with Gasteiger partial charge in [-0.2, -0.15) is 0 Å². The number of fused-ring (bicyclic) bond motifs is 11. The molecule has 1 aliphatic heterocycles. The Hall–Kier alpha value is -8.87. The molecule has 322 valence electrons. The number of benzene rings is 9. The maximum atomic E-state index is 6.94. The molecule has 14 rings (SSSR count). The van der Waals surface area contributed by atoms with Crippen LogP contribution in [0.3, 0.4) is 0 Å². The normalized spacial score (nSPS) is 12.7. The highest BCUT2D eigenvalue weighted by Crippen LogP contribution is 2.51. The second-order valence-electron chi connectivity index (χ2n) is 18.1. The summed E-state index contributed by atoms with van der Waals surface area (Å²) in [6.45, 7) is 5.04. The zero-order valence-corrected chi connectivity index (χ0v) is 37.6. The highest BCUT2D eigenvalue weighted by Gasteiger charge is 2.32. The van der Waals surface area contributed by atoms with Crippen molar-refractivity contribution < 1.29 is 4.74 Å². The highest BCUT2D eigenvalue weighted by atomic mass is 16.5. The first kappa shape index (κ1) is 38.4. The fourth-order valence-corrected chi connectivity index (χ4v) is 11.1. The van der Waals surface area contributed by atoms with Gasteiger partial charge < -0.3 is 18.9 Å². The average Bonchev–Trinajstić information content (AvgIpc) is 4.04. The third-order valence-corrected chi connectivity index (χ3v) is 14.3. The van der Waals surface area contributed by atoms with E-state index in [1.165, 1.54) is 71.9 Å². The smallest absolute Gasteiger partial charge is 0.145 e. The Kier molecular flexibility index (Phi) is 8.37. The lowest BCUT2D eigenvalue weighted by atomic mass is 9.94. The summed E-state index contributed by atoms with van der Waals surface area (Å²) in [6.07, 6.45) is 1.91. The molecule has 0 aliphatic carbocycles. The van der Waals surface area contributed by atoms with Crippen LogP contribution >= 0.6 is 0 Å². The molecule has 0 atom stereocenters. The van der Waals surface area contributed by atoms with Gasteiger partial charge >= 0.3 is 0 Å². The highest BCUT2D eigenvalue weighted by molar-refractivity contribution is 6.23. The molecule has 4 aromatic heterocycles. The van der Waals surface area contributed by atoms with Crippen LogP contribution in [0.5, 0.6) is 11.5 Å². The number of hydrogen-bond acceptors (Lipinski definition) is 4. The number of aryl methyl sites for hydroxylation is 2. The Morgan fingerprint density at radius 1 is 0.412 bits per heavy atom. The van der Waals surface area contributed by atoms with E-state index in [9.17, 15) is 0 Å². The fourth-order valence-electron chi connectivity index (χ4n) is 11.1. The molecule has 0 N–H and O–H groups in total. The van der Waals surface area contributed by atoms with Crippen LogP contribution in [-0.4, -0.2) is 20.5 Å². The first-order valence-electron chi connectivity index (χ1n) is 23.3. The molecule has 6 heteroatoms. The third kappa shape index (κ3) is 5.67. The van der Waals surface area contributed by atoms with Gasteiger partial charge in [0.25, 0.3) is 0 Å². The van der Waals surface area contributed by atoms with Crippen molar-refractivity contribution >= 4 is 88.3 Å². The summed E-state index contributed by atoms with van der Waals surface area (Å²) in [4.78, 5) is 10.1. The van der Waals surface area contributed by atoms with Crippen molar-refractivity contribution in [3.05, 3.63) is 224 Å². The molecule has 9 aromatic carbocycles. The minimum atomic E-state index is 0.623. The molecule has 0 saturated heterocycles. The summed E-state index contributed by atoms with van der Waals surface area (Å²) in [5, 5.41) is 7.02. The molecule has 0 fully saturated rings. The molecule has 0 amide bonds. The topological polar surface area (TPSA) is 37.4 Å². The van der Waals surface area contributed by atoms with Crippen LogP contribution in [0.25, 0.3) is 87.8 Å². The monoisotopic (exact) mass is 873 g/mol. The van der Waals surface area contributed by atoms with Crippen molar-refractivity contribution in [1.82, 2.24) is 13.8 Å².